The number of carbonyl (C=O) groups is 1. The van der Waals surface area contributed by atoms with E-state index in [-0.39, 0.29) is 23.4 Å². The van der Waals surface area contributed by atoms with Gasteiger partial charge in [0.25, 0.3) is 11.5 Å². The molecule has 2 fully saturated rings. The molecule has 6 rings (SSSR count). The van der Waals surface area contributed by atoms with Gasteiger partial charge in [0.15, 0.2) is 6.10 Å². The van der Waals surface area contributed by atoms with Crippen LogP contribution in [0.25, 0.3) is 0 Å². The van der Waals surface area contributed by atoms with Crippen molar-refractivity contribution in [3.63, 3.8) is 0 Å². The summed E-state index contributed by atoms with van der Waals surface area (Å²) < 4.78 is 0. The highest BCUT2D eigenvalue weighted by molar-refractivity contribution is 5.82. The summed E-state index contributed by atoms with van der Waals surface area (Å²) in [7, 11) is 0. The molecule has 0 bridgehead atoms. The van der Waals surface area contributed by atoms with Gasteiger partial charge in [-0.3, -0.25) is 9.59 Å². The number of benzene rings is 2. The average molecular weight is 456 g/mol. The van der Waals surface area contributed by atoms with E-state index in [1.54, 1.807) is 11.0 Å². The number of fused-ring (bicyclic) bond motifs is 1. The van der Waals surface area contributed by atoms with Crippen LogP contribution in [-0.4, -0.2) is 32.4 Å². The minimum Gasteiger partial charge on any atom is -0.378 e. The Morgan fingerprint density at radius 3 is 2.65 bits per heavy atom. The second-order valence-electron chi connectivity index (χ2n) is 10.00. The van der Waals surface area contributed by atoms with Crippen molar-refractivity contribution in [1.29, 1.82) is 0 Å². The van der Waals surface area contributed by atoms with Crippen LogP contribution >= 0.6 is 0 Å². The molecule has 3 aliphatic rings. The molecule has 0 spiro atoms. The van der Waals surface area contributed by atoms with E-state index in [1.165, 1.54) is 24.0 Å². The van der Waals surface area contributed by atoms with Gasteiger partial charge >= 0.3 is 0 Å². The van der Waals surface area contributed by atoms with Gasteiger partial charge in [-0.1, -0.05) is 54.6 Å². The van der Waals surface area contributed by atoms with E-state index < -0.39 is 6.10 Å². The summed E-state index contributed by atoms with van der Waals surface area (Å²) in [6.45, 7) is 0.668. The summed E-state index contributed by atoms with van der Waals surface area (Å²) in [5.74, 6) is 0.933. The summed E-state index contributed by atoms with van der Waals surface area (Å²) in [5, 5.41) is 10.9. The minimum absolute atomic E-state index is 0.174. The molecule has 6 nitrogen and oxygen atoms in total. The van der Waals surface area contributed by atoms with Crippen LogP contribution in [0.5, 0.6) is 0 Å². The zero-order valence-electron chi connectivity index (χ0n) is 19.2. The number of H-pyrrole nitrogens is 1. The third-order valence-electron chi connectivity index (χ3n) is 7.64. The van der Waals surface area contributed by atoms with Gasteiger partial charge in [0, 0.05) is 6.54 Å². The number of aryl methyl sites for hydroxylation is 1. The Bertz CT molecular complexity index is 1290. The number of aromatic amines is 1. The van der Waals surface area contributed by atoms with Crippen LogP contribution in [0.1, 0.15) is 77.9 Å². The molecule has 1 aliphatic heterocycles. The lowest BCUT2D eigenvalue weighted by atomic mass is 9.94. The second kappa shape index (κ2) is 8.20. The van der Waals surface area contributed by atoms with Gasteiger partial charge in [-0.25, -0.2) is 4.98 Å². The molecule has 1 aromatic heterocycles. The number of carbonyl (C=O) groups excluding carboxylic acids is 1. The van der Waals surface area contributed by atoms with Gasteiger partial charge in [0.05, 0.1) is 23.2 Å². The SMILES string of the molecule is O=C(C(O)c1cccc(C2CC2)c1)N1CCCc2nc(C3(c4ccccc4)CC3)[nH]c(=O)c2C1. The van der Waals surface area contributed by atoms with Gasteiger partial charge < -0.3 is 15.0 Å². The predicted octanol–water partition coefficient (Wildman–Crippen LogP) is 3.74. The Balaban J connectivity index is 1.26. The van der Waals surface area contributed by atoms with Crippen molar-refractivity contribution in [2.45, 2.75) is 62.5 Å². The first-order valence-corrected chi connectivity index (χ1v) is 12.3. The van der Waals surface area contributed by atoms with Gasteiger partial charge in [-0.2, -0.15) is 0 Å². The van der Waals surface area contributed by atoms with Crippen molar-refractivity contribution in [2.24, 2.45) is 0 Å². The fraction of sp³-hybridized carbons (Fsp3) is 0.393. The van der Waals surface area contributed by atoms with Crippen LogP contribution < -0.4 is 5.56 Å². The Hall–Kier alpha value is -3.25. The third-order valence-corrected chi connectivity index (χ3v) is 7.64. The Morgan fingerprint density at radius 1 is 1.12 bits per heavy atom. The standard InChI is InChI=1S/C28H29N3O3/c32-24(20-7-4-6-19(16-20)18-11-12-18)26(34)31-15-5-10-23-22(17-31)25(33)30-27(29-23)28(13-14-28)21-8-2-1-3-9-21/h1-4,6-9,16,18,24,32H,5,10-15,17H2,(H,29,30,33). The molecule has 2 aliphatic carbocycles. The Labute approximate surface area is 198 Å². The third kappa shape index (κ3) is 3.76. The molecule has 0 saturated heterocycles. The maximum Gasteiger partial charge on any atom is 0.256 e. The lowest BCUT2D eigenvalue weighted by molar-refractivity contribution is -0.141. The molecule has 1 atom stereocenters. The Morgan fingerprint density at radius 2 is 1.91 bits per heavy atom. The fourth-order valence-corrected chi connectivity index (χ4v) is 5.30. The van der Waals surface area contributed by atoms with Crippen molar-refractivity contribution >= 4 is 5.91 Å². The number of aliphatic hydroxyl groups excluding tert-OH is 1. The molecule has 3 aromatic rings. The van der Waals surface area contributed by atoms with Crippen LogP contribution in [0, 0.1) is 0 Å². The highest BCUT2D eigenvalue weighted by Gasteiger charge is 2.48. The molecule has 6 heteroatoms. The van der Waals surface area contributed by atoms with Crippen LogP contribution in [0.3, 0.4) is 0 Å². The van der Waals surface area contributed by atoms with Crippen molar-refractivity contribution in [3.8, 4) is 0 Å². The fourth-order valence-electron chi connectivity index (χ4n) is 5.30. The summed E-state index contributed by atoms with van der Waals surface area (Å²) in [6, 6.07) is 18.0. The normalized spacial score (nSPS) is 19.7. The van der Waals surface area contributed by atoms with E-state index >= 15 is 0 Å². The van der Waals surface area contributed by atoms with Crippen LogP contribution in [0.15, 0.2) is 59.4 Å². The highest BCUT2D eigenvalue weighted by atomic mass is 16.3. The molecule has 2 N–H and O–H groups in total. The summed E-state index contributed by atoms with van der Waals surface area (Å²) in [4.78, 5) is 36.0. The Kier molecular flexibility index (Phi) is 5.14. The predicted molar refractivity (Wildman–Crippen MR) is 128 cm³/mol. The molecule has 2 saturated carbocycles. The van der Waals surface area contributed by atoms with Crippen molar-refractivity contribution in [2.75, 3.05) is 6.54 Å². The minimum atomic E-state index is -1.22. The van der Waals surface area contributed by atoms with Crippen LogP contribution in [-0.2, 0) is 23.2 Å². The van der Waals surface area contributed by atoms with Crippen molar-refractivity contribution in [3.05, 3.63) is 98.7 Å². The zero-order valence-corrected chi connectivity index (χ0v) is 19.2. The number of nitrogens with zero attached hydrogens (tertiary/aromatic N) is 2. The smallest absolute Gasteiger partial charge is 0.256 e. The largest absolute Gasteiger partial charge is 0.378 e. The summed E-state index contributed by atoms with van der Waals surface area (Å²) in [5.41, 5.74) is 3.93. The maximum absolute atomic E-state index is 13.2. The first kappa shape index (κ1) is 21.3. The van der Waals surface area contributed by atoms with Crippen LogP contribution in [0.2, 0.25) is 0 Å². The first-order chi connectivity index (χ1) is 16.5. The summed E-state index contributed by atoms with van der Waals surface area (Å²) >= 11 is 0. The first-order valence-electron chi connectivity index (χ1n) is 12.3. The number of hydrogen-bond donors (Lipinski definition) is 2. The molecular weight excluding hydrogens is 426 g/mol. The molecule has 34 heavy (non-hydrogen) atoms. The lowest BCUT2D eigenvalue weighted by Crippen LogP contribution is -2.36. The monoisotopic (exact) mass is 455 g/mol. The van der Waals surface area contributed by atoms with E-state index in [0.29, 0.717) is 36.4 Å². The highest BCUT2D eigenvalue weighted by Crippen LogP contribution is 2.52. The van der Waals surface area contributed by atoms with Gasteiger partial charge in [-0.05, 0) is 61.1 Å². The average Bonchev–Trinajstić information content (AvgIpc) is 3.77. The number of aromatic nitrogens is 2. The number of hydrogen-bond acceptors (Lipinski definition) is 4. The van der Waals surface area contributed by atoms with E-state index in [0.717, 1.165) is 24.4 Å². The molecule has 1 unspecified atom stereocenters. The van der Waals surface area contributed by atoms with E-state index in [9.17, 15) is 14.7 Å². The number of amides is 1. The van der Waals surface area contributed by atoms with Gasteiger partial charge in [-0.15, -0.1) is 0 Å². The summed E-state index contributed by atoms with van der Waals surface area (Å²) in [6.07, 6.45) is 4.40. The molecule has 2 heterocycles. The van der Waals surface area contributed by atoms with E-state index in [2.05, 4.69) is 23.2 Å². The molecular formula is C28H29N3O3. The second-order valence-corrected chi connectivity index (χ2v) is 10.00. The van der Waals surface area contributed by atoms with Gasteiger partial charge in [0.2, 0.25) is 0 Å². The maximum atomic E-state index is 13.2. The topological polar surface area (TPSA) is 86.3 Å². The molecule has 174 valence electrons. The molecule has 1 amide bonds. The van der Waals surface area contributed by atoms with Crippen LogP contribution in [0.4, 0.5) is 0 Å². The van der Waals surface area contributed by atoms with E-state index in [1.807, 2.05) is 30.3 Å². The number of nitrogens with one attached hydrogen (secondary N) is 1. The lowest BCUT2D eigenvalue weighted by Gasteiger charge is -2.24. The molecule has 0 radical (unpaired) electrons. The molecule has 2 aromatic carbocycles. The van der Waals surface area contributed by atoms with Crippen molar-refractivity contribution in [1.82, 2.24) is 14.9 Å². The zero-order chi connectivity index (χ0) is 23.3. The number of rotatable bonds is 5. The quantitative estimate of drug-likeness (QED) is 0.614. The number of aliphatic hydroxyl groups is 1. The van der Waals surface area contributed by atoms with Crippen molar-refractivity contribution < 1.29 is 9.90 Å². The van der Waals surface area contributed by atoms with E-state index in [4.69, 9.17) is 4.98 Å². The van der Waals surface area contributed by atoms with Gasteiger partial charge in [0.1, 0.15) is 5.82 Å².